The van der Waals surface area contributed by atoms with Crippen molar-refractivity contribution < 1.29 is 9.53 Å². The Bertz CT molecular complexity index is 1150. The fourth-order valence-corrected chi connectivity index (χ4v) is 3.14. The molecule has 0 aliphatic rings. The Labute approximate surface area is 169 Å². The first kappa shape index (κ1) is 18.6. The van der Waals surface area contributed by atoms with Crippen molar-refractivity contribution in [3.63, 3.8) is 0 Å². The van der Waals surface area contributed by atoms with Crippen molar-refractivity contribution in [2.75, 3.05) is 17.2 Å². The highest BCUT2D eigenvalue weighted by atomic mass is 16.5. The number of nitrogens with zero attached hydrogens (tertiary/aromatic N) is 2. The lowest BCUT2D eigenvalue weighted by Gasteiger charge is -2.09. The molecule has 0 unspecified atom stereocenters. The largest absolute Gasteiger partial charge is 0.494 e. The lowest BCUT2D eigenvalue weighted by atomic mass is 10.1. The van der Waals surface area contributed by atoms with Gasteiger partial charge in [0.25, 0.3) is 0 Å². The number of urea groups is 1. The number of pyridine rings is 1. The van der Waals surface area contributed by atoms with Crippen molar-refractivity contribution >= 4 is 23.1 Å². The summed E-state index contributed by atoms with van der Waals surface area (Å²) in [6.07, 6.45) is 3.96. The van der Waals surface area contributed by atoms with E-state index >= 15 is 0 Å². The molecule has 4 aromatic rings. The Morgan fingerprint density at radius 1 is 1.03 bits per heavy atom. The first-order chi connectivity index (χ1) is 14.1. The average molecular weight is 386 g/mol. The smallest absolute Gasteiger partial charge is 0.323 e. The van der Waals surface area contributed by atoms with Crippen LogP contribution in [0.1, 0.15) is 12.5 Å². The van der Waals surface area contributed by atoms with Crippen molar-refractivity contribution in [3.8, 4) is 17.0 Å². The molecule has 0 radical (unpaired) electrons. The lowest BCUT2D eigenvalue weighted by molar-refractivity contribution is 0.262. The quantitative estimate of drug-likeness (QED) is 0.486. The first-order valence-electron chi connectivity index (χ1n) is 9.48. The number of amides is 2. The molecular weight excluding hydrogens is 364 g/mol. The maximum Gasteiger partial charge on any atom is 0.323 e. The maximum absolute atomic E-state index is 12.4. The Kier molecular flexibility index (Phi) is 5.16. The van der Waals surface area contributed by atoms with Crippen LogP contribution in [0.3, 0.4) is 0 Å². The van der Waals surface area contributed by atoms with Crippen molar-refractivity contribution in [3.05, 3.63) is 78.6 Å². The average Bonchev–Trinajstić information content (AvgIpc) is 3.16. The zero-order valence-electron chi connectivity index (χ0n) is 16.3. The monoisotopic (exact) mass is 386 g/mol. The Balaban J connectivity index is 1.48. The molecule has 0 aliphatic heterocycles. The van der Waals surface area contributed by atoms with E-state index in [2.05, 4.69) is 10.6 Å². The highest BCUT2D eigenvalue weighted by Crippen LogP contribution is 2.24. The molecule has 2 N–H and O–H groups in total. The molecule has 2 aromatic carbocycles. The molecule has 146 valence electrons. The normalized spacial score (nSPS) is 10.7. The Morgan fingerprint density at radius 3 is 2.59 bits per heavy atom. The van der Waals surface area contributed by atoms with Crippen LogP contribution < -0.4 is 15.4 Å². The standard InChI is InChI=1S/C23H22N4O2/c1-3-29-20-11-9-18(10-12-20)24-23(28)25-19-8-4-7-17(14-19)21-15-27-13-5-6-16(2)22(27)26-21/h4-15H,3H2,1-2H3,(H2,24,25,28). The first-order valence-corrected chi connectivity index (χ1v) is 9.48. The van der Waals surface area contributed by atoms with Gasteiger partial charge in [0.15, 0.2) is 0 Å². The number of hydrogen-bond donors (Lipinski definition) is 2. The molecule has 0 spiro atoms. The summed E-state index contributed by atoms with van der Waals surface area (Å²) >= 11 is 0. The van der Waals surface area contributed by atoms with Crippen LogP contribution in [0.4, 0.5) is 16.2 Å². The van der Waals surface area contributed by atoms with Crippen molar-refractivity contribution in [2.24, 2.45) is 0 Å². The summed E-state index contributed by atoms with van der Waals surface area (Å²) in [6, 6.07) is 18.6. The van der Waals surface area contributed by atoms with Gasteiger partial charge in [0.1, 0.15) is 11.4 Å². The van der Waals surface area contributed by atoms with Gasteiger partial charge in [0.2, 0.25) is 0 Å². The summed E-state index contributed by atoms with van der Waals surface area (Å²) in [5, 5.41) is 5.69. The number of imidazole rings is 1. The van der Waals surface area contributed by atoms with Crippen LogP contribution in [0.5, 0.6) is 5.75 Å². The van der Waals surface area contributed by atoms with Crippen LogP contribution in [-0.4, -0.2) is 22.0 Å². The van der Waals surface area contributed by atoms with E-state index in [1.54, 1.807) is 12.1 Å². The van der Waals surface area contributed by atoms with Crippen LogP contribution >= 0.6 is 0 Å². The number of hydrogen-bond acceptors (Lipinski definition) is 3. The van der Waals surface area contributed by atoms with E-state index in [0.29, 0.717) is 18.0 Å². The minimum Gasteiger partial charge on any atom is -0.494 e. The second-order valence-electron chi connectivity index (χ2n) is 6.67. The van der Waals surface area contributed by atoms with E-state index in [0.717, 1.165) is 28.2 Å². The van der Waals surface area contributed by atoms with Crippen LogP contribution in [-0.2, 0) is 0 Å². The molecule has 0 saturated carbocycles. The van der Waals surface area contributed by atoms with Gasteiger partial charge in [-0.15, -0.1) is 0 Å². The zero-order chi connectivity index (χ0) is 20.2. The van der Waals surface area contributed by atoms with Gasteiger partial charge in [0.05, 0.1) is 12.3 Å². The number of ether oxygens (including phenoxy) is 1. The van der Waals surface area contributed by atoms with Crippen LogP contribution in [0.15, 0.2) is 73.1 Å². The van der Waals surface area contributed by atoms with E-state index in [-0.39, 0.29) is 6.03 Å². The second kappa shape index (κ2) is 8.06. The number of fused-ring (bicyclic) bond motifs is 1. The third-order valence-corrected chi connectivity index (χ3v) is 4.52. The third-order valence-electron chi connectivity index (χ3n) is 4.52. The minimum atomic E-state index is -0.308. The topological polar surface area (TPSA) is 67.7 Å². The summed E-state index contributed by atoms with van der Waals surface area (Å²) < 4.78 is 7.41. The third kappa shape index (κ3) is 4.21. The predicted molar refractivity (Wildman–Crippen MR) is 116 cm³/mol. The molecule has 0 saturated heterocycles. The van der Waals surface area contributed by atoms with E-state index in [4.69, 9.17) is 9.72 Å². The maximum atomic E-state index is 12.4. The molecule has 6 nitrogen and oxygen atoms in total. The van der Waals surface area contributed by atoms with E-state index in [1.807, 2.05) is 79.2 Å². The lowest BCUT2D eigenvalue weighted by Crippen LogP contribution is -2.19. The Morgan fingerprint density at radius 2 is 1.83 bits per heavy atom. The number of benzene rings is 2. The molecule has 4 rings (SSSR count). The van der Waals surface area contributed by atoms with Gasteiger partial charge in [-0.3, -0.25) is 0 Å². The highest BCUT2D eigenvalue weighted by molar-refractivity contribution is 6.00. The van der Waals surface area contributed by atoms with Gasteiger partial charge in [-0.25, -0.2) is 9.78 Å². The van der Waals surface area contributed by atoms with E-state index < -0.39 is 0 Å². The van der Waals surface area contributed by atoms with Crippen LogP contribution in [0.2, 0.25) is 0 Å². The van der Waals surface area contributed by atoms with Gasteiger partial charge >= 0.3 is 6.03 Å². The number of anilines is 2. The number of nitrogens with one attached hydrogen (secondary N) is 2. The number of aromatic nitrogens is 2. The predicted octanol–water partition coefficient (Wildman–Crippen LogP) is 5.35. The van der Waals surface area contributed by atoms with Gasteiger partial charge in [-0.05, 0) is 61.9 Å². The number of rotatable bonds is 5. The fourth-order valence-electron chi connectivity index (χ4n) is 3.14. The second-order valence-corrected chi connectivity index (χ2v) is 6.67. The minimum absolute atomic E-state index is 0.308. The van der Waals surface area contributed by atoms with E-state index in [9.17, 15) is 4.79 Å². The molecular formula is C23H22N4O2. The van der Waals surface area contributed by atoms with Crippen molar-refractivity contribution in [1.29, 1.82) is 0 Å². The molecule has 2 amide bonds. The molecule has 2 aromatic heterocycles. The number of carbonyl (C=O) groups is 1. The van der Waals surface area contributed by atoms with Gasteiger partial charge in [-0.1, -0.05) is 18.2 Å². The molecule has 29 heavy (non-hydrogen) atoms. The summed E-state index contributed by atoms with van der Waals surface area (Å²) in [4.78, 5) is 17.1. The van der Waals surface area contributed by atoms with E-state index in [1.165, 1.54) is 0 Å². The Hall–Kier alpha value is -3.80. The fraction of sp³-hybridized carbons (Fsp3) is 0.130. The molecule has 0 aliphatic carbocycles. The number of aryl methyl sites for hydroxylation is 1. The number of carbonyl (C=O) groups excluding carboxylic acids is 1. The van der Waals surface area contributed by atoms with Gasteiger partial charge < -0.3 is 19.8 Å². The highest BCUT2D eigenvalue weighted by Gasteiger charge is 2.08. The molecule has 0 bridgehead atoms. The van der Waals surface area contributed by atoms with Crippen molar-refractivity contribution in [2.45, 2.75) is 13.8 Å². The molecule has 0 fully saturated rings. The van der Waals surface area contributed by atoms with Crippen LogP contribution in [0, 0.1) is 6.92 Å². The molecule has 0 atom stereocenters. The summed E-state index contributed by atoms with van der Waals surface area (Å²) in [5.41, 5.74) is 5.22. The summed E-state index contributed by atoms with van der Waals surface area (Å²) in [6.45, 7) is 4.58. The summed E-state index contributed by atoms with van der Waals surface area (Å²) in [7, 11) is 0. The molecule has 2 heterocycles. The SMILES string of the molecule is CCOc1ccc(NC(=O)Nc2cccc(-c3cn4cccc(C)c4n3)c2)cc1. The van der Waals surface area contributed by atoms with Gasteiger partial charge in [-0.2, -0.15) is 0 Å². The van der Waals surface area contributed by atoms with Crippen molar-refractivity contribution in [1.82, 2.24) is 9.38 Å². The van der Waals surface area contributed by atoms with Crippen LogP contribution in [0.25, 0.3) is 16.9 Å². The summed E-state index contributed by atoms with van der Waals surface area (Å²) in [5.74, 6) is 0.772. The zero-order valence-corrected chi connectivity index (χ0v) is 16.3. The van der Waals surface area contributed by atoms with Gasteiger partial charge in [0, 0.05) is 29.3 Å². The molecule has 6 heteroatoms.